The summed E-state index contributed by atoms with van der Waals surface area (Å²) in [5.41, 5.74) is 1.64. The molecule has 128 valence electrons. The maximum absolute atomic E-state index is 11.9. The number of benzene rings is 1. The van der Waals surface area contributed by atoms with Gasteiger partial charge in [-0.15, -0.1) is 11.8 Å². The van der Waals surface area contributed by atoms with Crippen molar-refractivity contribution in [3.05, 3.63) is 65.1 Å². The van der Waals surface area contributed by atoms with Gasteiger partial charge in [-0.2, -0.15) is 4.98 Å². The van der Waals surface area contributed by atoms with Gasteiger partial charge in [-0.1, -0.05) is 41.0 Å². The lowest BCUT2D eigenvalue weighted by Crippen LogP contribution is -2.24. The van der Waals surface area contributed by atoms with E-state index in [1.165, 1.54) is 11.8 Å². The molecule has 0 spiro atoms. The van der Waals surface area contributed by atoms with E-state index in [1.54, 1.807) is 12.3 Å². The monoisotopic (exact) mass is 374 g/mol. The molecule has 0 radical (unpaired) electrons. The predicted molar refractivity (Wildman–Crippen MR) is 97.0 cm³/mol. The van der Waals surface area contributed by atoms with Gasteiger partial charge in [0, 0.05) is 17.0 Å². The molecule has 2 aromatic heterocycles. The number of halogens is 1. The molecule has 0 aliphatic heterocycles. The Morgan fingerprint density at radius 2 is 2.04 bits per heavy atom. The molecule has 25 heavy (non-hydrogen) atoms. The Morgan fingerprint density at radius 1 is 1.20 bits per heavy atom. The molecule has 0 saturated heterocycles. The molecule has 8 heteroatoms. The van der Waals surface area contributed by atoms with Gasteiger partial charge in [0.25, 0.3) is 0 Å². The fraction of sp³-hybridized carbons (Fsp3) is 0.176. The van der Waals surface area contributed by atoms with Crippen LogP contribution in [0.4, 0.5) is 0 Å². The van der Waals surface area contributed by atoms with Gasteiger partial charge in [-0.25, -0.2) is 0 Å². The highest BCUT2D eigenvalue weighted by molar-refractivity contribution is 7.99. The van der Waals surface area contributed by atoms with Gasteiger partial charge in [0.15, 0.2) is 0 Å². The van der Waals surface area contributed by atoms with Crippen LogP contribution in [0.15, 0.2) is 53.2 Å². The van der Waals surface area contributed by atoms with E-state index < -0.39 is 0 Å². The molecule has 0 aliphatic carbocycles. The molecular formula is C17H15ClN4O2S. The number of hydrogen-bond acceptors (Lipinski definition) is 6. The van der Waals surface area contributed by atoms with Crippen molar-refractivity contribution >= 4 is 29.3 Å². The van der Waals surface area contributed by atoms with Crippen molar-refractivity contribution < 1.29 is 9.32 Å². The topological polar surface area (TPSA) is 80.9 Å². The molecule has 1 amide bonds. The Morgan fingerprint density at radius 3 is 2.84 bits per heavy atom. The normalized spacial score (nSPS) is 10.6. The van der Waals surface area contributed by atoms with Crippen molar-refractivity contribution in [2.24, 2.45) is 0 Å². The first-order valence-electron chi connectivity index (χ1n) is 7.54. The molecule has 3 aromatic rings. The smallest absolute Gasteiger partial charge is 0.246 e. The highest BCUT2D eigenvalue weighted by atomic mass is 35.5. The van der Waals surface area contributed by atoms with Crippen LogP contribution in [-0.4, -0.2) is 26.8 Å². The molecule has 0 saturated carbocycles. The van der Waals surface area contributed by atoms with Gasteiger partial charge in [-0.05, 0) is 23.8 Å². The number of hydrogen-bond donors (Lipinski definition) is 1. The molecule has 0 fully saturated rings. The van der Waals surface area contributed by atoms with E-state index in [1.807, 2.05) is 36.4 Å². The van der Waals surface area contributed by atoms with E-state index in [0.29, 0.717) is 33.9 Å². The zero-order chi connectivity index (χ0) is 17.5. The second-order valence-electron chi connectivity index (χ2n) is 5.09. The van der Waals surface area contributed by atoms with Gasteiger partial charge >= 0.3 is 0 Å². The van der Waals surface area contributed by atoms with E-state index in [2.05, 4.69) is 20.4 Å². The van der Waals surface area contributed by atoms with Crippen LogP contribution >= 0.6 is 23.4 Å². The lowest BCUT2D eigenvalue weighted by Gasteiger charge is -2.04. The molecule has 0 bridgehead atoms. The highest BCUT2D eigenvalue weighted by Crippen LogP contribution is 2.20. The first-order valence-corrected chi connectivity index (χ1v) is 9.07. The van der Waals surface area contributed by atoms with Crippen molar-refractivity contribution in [3.8, 4) is 11.5 Å². The molecule has 6 nitrogen and oxygen atoms in total. The second kappa shape index (κ2) is 8.64. The summed E-state index contributed by atoms with van der Waals surface area (Å²) >= 11 is 7.58. The van der Waals surface area contributed by atoms with Crippen LogP contribution in [0.3, 0.4) is 0 Å². The minimum Gasteiger partial charge on any atom is -0.346 e. The van der Waals surface area contributed by atoms with E-state index in [4.69, 9.17) is 16.1 Å². The summed E-state index contributed by atoms with van der Waals surface area (Å²) in [6, 6.07) is 13.0. The van der Waals surface area contributed by atoms with E-state index in [9.17, 15) is 4.79 Å². The first-order chi connectivity index (χ1) is 12.2. The lowest BCUT2D eigenvalue weighted by molar-refractivity contribution is -0.118. The van der Waals surface area contributed by atoms with Gasteiger partial charge < -0.3 is 9.84 Å². The number of pyridine rings is 1. The Labute approximate surface area is 154 Å². The number of amides is 1. The summed E-state index contributed by atoms with van der Waals surface area (Å²) in [4.78, 5) is 20.3. The maximum Gasteiger partial charge on any atom is 0.246 e. The molecule has 1 aromatic carbocycles. The first kappa shape index (κ1) is 17.4. The third-order valence-electron chi connectivity index (χ3n) is 3.25. The van der Waals surface area contributed by atoms with Crippen molar-refractivity contribution in [1.29, 1.82) is 0 Å². The van der Waals surface area contributed by atoms with Gasteiger partial charge in [-0.3, -0.25) is 9.78 Å². The fourth-order valence-corrected chi connectivity index (χ4v) is 3.16. The van der Waals surface area contributed by atoms with Gasteiger partial charge in [0.1, 0.15) is 5.69 Å². The summed E-state index contributed by atoms with van der Waals surface area (Å²) in [6.07, 6.45) is 1.66. The number of rotatable bonds is 7. The zero-order valence-electron chi connectivity index (χ0n) is 13.2. The van der Waals surface area contributed by atoms with Crippen LogP contribution in [0.25, 0.3) is 11.5 Å². The van der Waals surface area contributed by atoms with Crippen LogP contribution in [0, 0.1) is 0 Å². The quantitative estimate of drug-likeness (QED) is 0.683. The highest BCUT2D eigenvalue weighted by Gasteiger charge is 2.10. The Balaban J connectivity index is 1.44. The molecule has 0 unspecified atom stereocenters. The molecule has 0 atom stereocenters. The minimum absolute atomic E-state index is 0.102. The maximum atomic E-state index is 11.9. The standard InChI is InChI=1S/C17H15ClN4O2S/c18-13-6-2-1-5-12(13)10-25-11-15(23)20-9-16-21-17(22-24-16)14-7-3-4-8-19-14/h1-8H,9-11H2,(H,20,23). The average molecular weight is 375 g/mol. The third kappa shape index (κ3) is 5.04. The number of carbonyl (C=O) groups is 1. The van der Waals surface area contributed by atoms with E-state index >= 15 is 0 Å². The summed E-state index contributed by atoms with van der Waals surface area (Å²) in [5.74, 6) is 1.64. The van der Waals surface area contributed by atoms with Crippen LogP contribution in [0.5, 0.6) is 0 Å². The molecular weight excluding hydrogens is 360 g/mol. The number of thioether (sulfide) groups is 1. The van der Waals surface area contributed by atoms with Crippen molar-refractivity contribution in [1.82, 2.24) is 20.4 Å². The third-order valence-corrected chi connectivity index (χ3v) is 4.60. The Bertz CT molecular complexity index is 841. The van der Waals surface area contributed by atoms with Crippen molar-refractivity contribution in [2.75, 3.05) is 5.75 Å². The summed E-state index contributed by atoms with van der Waals surface area (Å²) in [6.45, 7) is 0.186. The Hall–Kier alpha value is -2.38. The van der Waals surface area contributed by atoms with Crippen molar-refractivity contribution in [3.63, 3.8) is 0 Å². The number of nitrogens with one attached hydrogen (secondary N) is 1. The van der Waals surface area contributed by atoms with Crippen LogP contribution < -0.4 is 5.32 Å². The van der Waals surface area contributed by atoms with Crippen molar-refractivity contribution in [2.45, 2.75) is 12.3 Å². The summed E-state index contributed by atoms with van der Waals surface area (Å²) < 4.78 is 5.12. The minimum atomic E-state index is -0.102. The number of carbonyl (C=O) groups excluding carboxylic acids is 1. The zero-order valence-corrected chi connectivity index (χ0v) is 14.8. The van der Waals surface area contributed by atoms with Crippen LogP contribution in [0.1, 0.15) is 11.5 Å². The average Bonchev–Trinajstić information content (AvgIpc) is 3.11. The SMILES string of the molecule is O=C(CSCc1ccccc1Cl)NCc1nc(-c2ccccn2)no1. The molecule has 1 N–H and O–H groups in total. The second-order valence-corrected chi connectivity index (χ2v) is 6.48. The van der Waals surface area contributed by atoms with E-state index in [-0.39, 0.29) is 12.5 Å². The summed E-state index contributed by atoms with van der Waals surface area (Å²) in [5, 5.41) is 7.32. The van der Waals surface area contributed by atoms with Crippen LogP contribution in [-0.2, 0) is 17.1 Å². The van der Waals surface area contributed by atoms with Gasteiger partial charge in [0.2, 0.25) is 17.6 Å². The van der Waals surface area contributed by atoms with E-state index in [0.717, 1.165) is 5.56 Å². The molecule has 0 aliphatic rings. The predicted octanol–water partition coefficient (Wildman–Crippen LogP) is 3.33. The van der Waals surface area contributed by atoms with Gasteiger partial charge in [0.05, 0.1) is 12.3 Å². The Kier molecular flexibility index (Phi) is 6.03. The number of aromatic nitrogens is 3. The summed E-state index contributed by atoms with van der Waals surface area (Å²) in [7, 11) is 0. The molecule has 3 rings (SSSR count). The fourth-order valence-electron chi connectivity index (χ4n) is 2.02. The number of nitrogens with zero attached hydrogens (tertiary/aromatic N) is 3. The lowest BCUT2D eigenvalue weighted by atomic mass is 10.2. The largest absolute Gasteiger partial charge is 0.346 e. The molecule has 2 heterocycles. The van der Waals surface area contributed by atoms with Crippen LogP contribution in [0.2, 0.25) is 5.02 Å².